The zero-order valence-corrected chi connectivity index (χ0v) is 9.19. The molecule has 1 aliphatic rings. The van der Waals surface area contributed by atoms with Crippen molar-refractivity contribution >= 4 is 0 Å². The Morgan fingerprint density at radius 1 is 1.60 bits per heavy atom. The van der Waals surface area contributed by atoms with Crippen LogP contribution < -0.4 is 5.32 Å². The van der Waals surface area contributed by atoms with Crippen molar-refractivity contribution < 1.29 is 0 Å². The Balaban J connectivity index is 1.97. The minimum atomic E-state index is 0.640. The lowest BCUT2D eigenvalue weighted by Crippen LogP contribution is -2.50. The number of hydrogen-bond acceptors (Lipinski definition) is 4. The predicted octanol–water partition coefficient (Wildman–Crippen LogP) is 0.660. The lowest BCUT2D eigenvalue weighted by molar-refractivity contribution is 0.147. The molecule has 4 heteroatoms. The molecule has 2 rings (SSSR count). The van der Waals surface area contributed by atoms with Crippen molar-refractivity contribution in [2.24, 2.45) is 0 Å². The Morgan fingerprint density at radius 2 is 2.53 bits per heavy atom. The van der Waals surface area contributed by atoms with Crippen molar-refractivity contribution in [3.05, 3.63) is 24.0 Å². The van der Waals surface area contributed by atoms with Gasteiger partial charge in [0.15, 0.2) is 0 Å². The van der Waals surface area contributed by atoms with Gasteiger partial charge in [-0.1, -0.05) is 6.92 Å². The summed E-state index contributed by atoms with van der Waals surface area (Å²) in [5, 5.41) is 11.5. The van der Waals surface area contributed by atoms with Gasteiger partial charge < -0.3 is 5.32 Å². The van der Waals surface area contributed by atoms with Crippen LogP contribution in [0.15, 0.2) is 18.3 Å². The van der Waals surface area contributed by atoms with Crippen LogP contribution in [0.25, 0.3) is 0 Å². The molecule has 1 atom stereocenters. The molecule has 1 aromatic heterocycles. The second-order valence-electron chi connectivity index (χ2n) is 3.95. The summed E-state index contributed by atoms with van der Waals surface area (Å²) in [5.41, 5.74) is 1.07. The van der Waals surface area contributed by atoms with Crippen LogP contribution in [0.3, 0.4) is 0 Å². The predicted molar refractivity (Wildman–Crippen MR) is 59.4 cm³/mol. The molecule has 15 heavy (non-hydrogen) atoms. The minimum Gasteiger partial charge on any atom is -0.314 e. The SMILES string of the molecule is CCC1CNCCN1Cc1cccnn1. The van der Waals surface area contributed by atoms with E-state index in [-0.39, 0.29) is 0 Å². The van der Waals surface area contributed by atoms with Gasteiger partial charge in [0.25, 0.3) is 0 Å². The van der Waals surface area contributed by atoms with Crippen LogP contribution in [-0.4, -0.2) is 40.8 Å². The Kier molecular flexibility index (Phi) is 3.64. The van der Waals surface area contributed by atoms with E-state index in [1.54, 1.807) is 6.20 Å². The zero-order valence-electron chi connectivity index (χ0n) is 9.19. The first-order chi connectivity index (χ1) is 7.40. The van der Waals surface area contributed by atoms with E-state index < -0.39 is 0 Å². The monoisotopic (exact) mass is 206 g/mol. The molecular formula is C11H18N4. The van der Waals surface area contributed by atoms with Gasteiger partial charge in [-0.3, -0.25) is 4.90 Å². The summed E-state index contributed by atoms with van der Waals surface area (Å²) < 4.78 is 0. The Labute approximate surface area is 90.7 Å². The van der Waals surface area contributed by atoms with Gasteiger partial charge in [-0.25, -0.2) is 0 Å². The molecule has 0 bridgehead atoms. The summed E-state index contributed by atoms with van der Waals surface area (Å²) in [6, 6.07) is 4.63. The molecule has 1 aromatic rings. The Bertz CT molecular complexity index is 288. The molecule has 2 heterocycles. The number of piperazine rings is 1. The minimum absolute atomic E-state index is 0.640. The summed E-state index contributed by atoms with van der Waals surface area (Å²) in [4.78, 5) is 2.49. The van der Waals surface area contributed by atoms with Crippen molar-refractivity contribution in [3.8, 4) is 0 Å². The van der Waals surface area contributed by atoms with Crippen molar-refractivity contribution in [2.45, 2.75) is 25.9 Å². The van der Waals surface area contributed by atoms with E-state index in [2.05, 4.69) is 27.3 Å². The van der Waals surface area contributed by atoms with Crippen LogP contribution in [-0.2, 0) is 6.54 Å². The normalized spacial score (nSPS) is 22.9. The van der Waals surface area contributed by atoms with E-state index in [0.717, 1.165) is 31.9 Å². The number of nitrogens with zero attached hydrogens (tertiary/aromatic N) is 3. The first-order valence-corrected chi connectivity index (χ1v) is 5.61. The highest BCUT2D eigenvalue weighted by Crippen LogP contribution is 2.10. The second-order valence-corrected chi connectivity index (χ2v) is 3.95. The lowest BCUT2D eigenvalue weighted by Gasteiger charge is -2.35. The summed E-state index contributed by atoms with van der Waals surface area (Å²) >= 11 is 0. The third-order valence-electron chi connectivity index (χ3n) is 2.94. The topological polar surface area (TPSA) is 41.0 Å². The van der Waals surface area contributed by atoms with Crippen LogP contribution in [0.2, 0.25) is 0 Å². The van der Waals surface area contributed by atoms with Crippen LogP contribution in [0.4, 0.5) is 0 Å². The molecule has 0 radical (unpaired) electrons. The number of rotatable bonds is 3. The quantitative estimate of drug-likeness (QED) is 0.789. The molecule has 4 nitrogen and oxygen atoms in total. The number of nitrogens with one attached hydrogen (secondary N) is 1. The van der Waals surface area contributed by atoms with E-state index in [1.165, 1.54) is 6.42 Å². The average molecular weight is 206 g/mol. The summed E-state index contributed by atoms with van der Waals surface area (Å²) in [7, 11) is 0. The van der Waals surface area contributed by atoms with E-state index in [1.807, 2.05) is 12.1 Å². The molecule has 1 saturated heterocycles. The largest absolute Gasteiger partial charge is 0.314 e. The fraction of sp³-hybridized carbons (Fsp3) is 0.636. The van der Waals surface area contributed by atoms with E-state index in [9.17, 15) is 0 Å². The molecular weight excluding hydrogens is 188 g/mol. The maximum Gasteiger partial charge on any atom is 0.0771 e. The molecule has 0 saturated carbocycles. The molecule has 82 valence electrons. The van der Waals surface area contributed by atoms with E-state index in [4.69, 9.17) is 0 Å². The van der Waals surface area contributed by atoms with Gasteiger partial charge in [-0.05, 0) is 18.6 Å². The maximum absolute atomic E-state index is 4.13. The fourth-order valence-corrected chi connectivity index (χ4v) is 2.04. The first-order valence-electron chi connectivity index (χ1n) is 5.61. The van der Waals surface area contributed by atoms with E-state index in [0.29, 0.717) is 6.04 Å². The van der Waals surface area contributed by atoms with Crippen LogP contribution in [0.5, 0.6) is 0 Å². The van der Waals surface area contributed by atoms with Crippen LogP contribution in [0, 0.1) is 0 Å². The molecule has 0 aliphatic carbocycles. The van der Waals surface area contributed by atoms with Crippen LogP contribution in [0.1, 0.15) is 19.0 Å². The zero-order chi connectivity index (χ0) is 10.5. The summed E-state index contributed by atoms with van der Waals surface area (Å²) in [6.07, 6.45) is 2.91. The molecule has 1 N–H and O–H groups in total. The molecule has 1 aliphatic heterocycles. The standard InChI is InChI=1S/C11H18N4/c1-2-11-8-12-6-7-15(11)9-10-4-3-5-13-14-10/h3-5,11-12H,2,6-9H2,1H3. The Hall–Kier alpha value is -1.00. The summed E-state index contributed by atoms with van der Waals surface area (Å²) in [5.74, 6) is 0. The Morgan fingerprint density at radius 3 is 3.27 bits per heavy atom. The molecule has 0 aromatic carbocycles. The highest BCUT2D eigenvalue weighted by Gasteiger charge is 2.20. The van der Waals surface area contributed by atoms with Crippen LogP contribution >= 0.6 is 0 Å². The molecule has 1 unspecified atom stereocenters. The summed E-state index contributed by atoms with van der Waals surface area (Å²) in [6.45, 7) is 6.44. The van der Waals surface area contributed by atoms with Crippen molar-refractivity contribution in [1.82, 2.24) is 20.4 Å². The second kappa shape index (κ2) is 5.19. The highest BCUT2D eigenvalue weighted by atomic mass is 15.2. The van der Waals surface area contributed by atoms with Crippen molar-refractivity contribution in [2.75, 3.05) is 19.6 Å². The molecule has 0 spiro atoms. The third kappa shape index (κ3) is 2.73. The van der Waals surface area contributed by atoms with Gasteiger partial charge in [0, 0.05) is 38.4 Å². The average Bonchev–Trinajstić information content (AvgIpc) is 2.31. The smallest absolute Gasteiger partial charge is 0.0771 e. The van der Waals surface area contributed by atoms with Crippen molar-refractivity contribution in [3.63, 3.8) is 0 Å². The van der Waals surface area contributed by atoms with Gasteiger partial charge in [-0.15, -0.1) is 0 Å². The molecule has 1 fully saturated rings. The highest BCUT2D eigenvalue weighted by molar-refractivity contribution is 4.99. The first kappa shape index (κ1) is 10.5. The van der Waals surface area contributed by atoms with Crippen molar-refractivity contribution in [1.29, 1.82) is 0 Å². The van der Waals surface area contributed by atoms with Gasteiger partial charge in [0.2, 0.25) is 0 Å². The van der Waals surface area contributed by atoms with Gasteiger partial charge in [0.1, 0.15) is 0 Å². The van der Waals surface area contributed by atoms with Gasteiger partial charge in [-0.2, -0.15) is 10.2 Å². The fourth-order valence-electron chi connectivity index (χ4n) is 2.04. The third-order valence-corrected chi connectivity index (χ3v) is 2.94. The number of aromatic nitrogens is 2. The lowest BCUT2D eigenvalue weighted by atomic mass is 10.1. The molecule has 0 amide bonds. The maximum atomic E-state index is 4.13. The van der Waals surface area contributed by atoms with Gasteiger partial charge in [0.05, 0.1) is 5.69 Å². The van der Waals surface area contributed by atoms with Gasteiger partial charge >= 0.3 is 0 Å². The van der Waals surface area contributed by atoms with E-state index >= 15 is 0 Å². The number of hydrogen-bond donors (Lipinski definition) is 1.